The summed E-state index contributed by atoms with van der Waals surface area (Å²) in [5, 5.41) is 29.9. The summed E-state index contributed by atoms with van der Waals surface area (Å²) in [5.41, 5.74) is -0.140. The van der Waals surface area contributed by atoms with Crippen molar-refractivity contribution in [1.82, 2.24) is 24.8 Å². The van der Waals surface area contributed by atoms with Crippen LogP contribution >= 0.6 is 0 Å². The molecule has 0 radical (unpaired) electrons. The van der Waals surface area contributed by atoms with Crippen LogP contribution in [0.2, 0.25) is 0 Å². The van der Waals surface area contributed by atoms with Gasteiger partial charge in [-0.2, -0.15) is 4.90 Å². The molecule has 20 heteroatoms. The van der Waals surface area contributed by atoms with Gasteiger partial charge < -0.3 is 30.2 Å². The number of aromatic nitrogens is 4. The van der Waals surface area contributed by atoms with Gasteiger partial charge in [0.15, 0.2) is 35.1 Å². The fourth-order valence-electron chi connectivity index (χ4n) is 5.45. The van der Waals surface area contributed by atoms with E-state index in [-0.39, 0.29) is 39.7 Å². The number of hydrogen-bond acceptors (Lipinski definition) is 13. The lowest BCUT2D eigenvalue weighted by Crippen LogP contribution is -2.43. The van der Waals surface area contributed by atoms with Crippen LogP contribution in [0.3, 0.4) is 0 Å². The van der Waals surface area contributed by atoms with E-state index in [9.17, 15) is 34.6 Å². The van der Waals surface area contributed by atoms with Crippen LogP contribution in [0.5, 0.6) is 0 Å². The summed E-state index contributed by atoms with van der Waals surface area (Å²) in [6, 6.07) is 7.69. The molecular weight excluding hydrogens is 648 g/mol. The number of urea groups is 2. The molecule has 0 aliphatic carbocycles. The van der Waals surface area contributed by atoms with Crippen molar-refractivity contribution >= 4 is 57.7 Å². The SMILES string of the molecule is CCNC(=O)[C@H]1O[C@@H](n2cnc3c(N(C(=O)Nc4ccc([N+](=O)[O-])cc4)C(=O)Nc4ccc([N+](=O)[O-])cc4)ncnc32)[C@@H]2OC(C)(C)O[C@@H]21. The summed E-state index contributed by atoms with van der Waals surface area (Å²) in [4.78, 5) is 74.9. The Balaban J connectivity index is 1.37. The lowest BCUT2D eigenvalue weighted by molar-refractivity contribution is -0.385. The molecule has 254 valence electrons. The number of benzene rings is 2. The zero-order chi connectivity index (χ0) is 35.0. The van der Waals surface area contributed by atoms with Gasteiger partial charge in [0.25, 0.3) is 17.3 Å². The first-order valence-corrected chi connectivity index (χ1v) is 14.7. The molecule has 0 spiro atoms. The van der Waals surface area contributed by atoms with Gasteiger partial charge in [-0.15, -0.1) is 0 Å². The summed E-state index contributed by atoms with van der Waals surface area (Å²) in [6.07, 6.45) is -1.13. The number of nitrogens with one attached hydrogen (secondary N) is 3. The van der Waals surface area contributed by atoms with E-state index < -0.39 is 58.1 Å². The van der Waals surface area contributed by atoms with Crippen LogP contribution in [0.4, 0.5) is 38.2 Å². The number of imidazole rings is 1. The molecule has 49 heavy (non-hydrogen) atoms. The van der Waals surface area contributed by atoms with E-state index in [1.165, 1.54) is 59.4 Å². The Bertz CT molecular complexity index is 1880. The van der Waals surface area contributed by atoms with Gasteiger partial charge in [-0.3, -0.25) is 29.6 Å². The number of hydrogen-bond donors (Lipinski definition) is 3. The topological polar surface area (TPSA) is 248 Å². The van der Waals surface area contributed by atoms with Gasteiger partial charge in [0.05, 0.1) is 16.2 Å². The number of carbonyl (C=O) groups excluding carboxylic acids is 3. The molecule has 4 aromatic rings. The zero-order valence-electron chi connectivity index (χ0n) is 26.0. The van der Waals surface area contributed by atoms with Crippen LogP contribution in [0.15, 0.2) is 61.2 Å². The Hall–Kier alpha value is -6.12. The predicted octanol–water partition coefficient (Wildman–Crippen LogP) is 3.47. The lowest BCUT2D eigenvalue weighted by atomic mass is 10.1. The molecule has 3 N–H and O–H groups in total. The molecule has 4 heterocycles. The van der Waals surface area contributed by atoms with E-state index in [1.54, 1.807) is 20.8 Å². The van der Waals surface area contributed by atoms with Gasteiger partial charge >= 0.3 is 12.1 Å². The quantitative estimate of drug-likeness (QED) is 0.179. The average Bonchev–Trinajstić information content (AvgIpc) is 3.72. The number of ether oxygens (including phenoxy) is 3. The third-order valence-electron chi connectivity index (χ3n) is 7.53. The van der Waals surface area contributed by atoms with E-state index in [2.05, 4.69) is 30.9 Å². The fourth-order valence-corrected chi connectivity index (χ4v) is 5.45. The number of carbonyl (C=O) groups is 3. The summed E-state index contributed by atoms with van der Waals surface area (Å²) in [7, 11) is 0. The summed E-state index contributed by atoms with van der Waals surface area (Å²) >= 11 is 0. The zero-order valence-corrected chi connectivity index (χ0v) is 26.0. The van der Waals surface area contributed by atoms with E-state index in [4.69, 9.17) is 14.2 Å². The first-order chi connectivity index (χ1) is 23.4. The summed E-state index contributed by atoms with van der Waals surface area (Å²) in [5.74, 6) is -1.72. The van der Waals surface area contributed by atoms with Crippen LogP contribution in [0.25, 0.3) is 11.2 Å². The first kappa shape index (κ1) is 32.8. The van der Waals surface area contributed by atoms with Crippen molar-refractivity contribution in [3.05, 3.63) is 81.4 Å². The normalized spacial score (nSPS) is 20.7. The molecule has 2 saturated heterocycles. The highest BCUT2D eigenvalue weighted by atomic mass is 16.8. The second-order valence-corrected chi connectivity index (χ2v) is 11.2. The summed E-state index contributed by atoms with van der Waals surface area (Å²) < 4.78 is 19.7. The van der Waals surface area contributed by atoms with Crippen LogP contribution in [0, 0.1) is 20.2 Å². The molecule has 0 bridgehead atoms. The van der Waals surface area contributed by atoms with Crippen molar-refractivity contribution in [2.45, 2.75) is 51.1 Å². The average molecular weight is 677 g/mol. The highest BCUT2D eigenvalue weighted by molar-refractivity contribution is 6.23. The van der Waals surface area contributed by atoms with Crippen LogP contribution in [-0.4, -0.2) is 78.0 Å². The number of nitrogens with zero attached hydrogens (tertiary/aromatic N) is 7. The molecule has 2 aliphatic heterocycles. The van der Waals surface area contributed by atoms with E-state index >= 15 is 0 Å². The molecule has 4 atom stereocenters. The molecule has 0 saturated carbocycles. The molecular formula is C29H28N10O10. The van der Waals surface area contributed by atoms with Crippen LogP contribution in [-0.2, 0) is 19.0 Å². The smallest absolute Gasteiger partial charge is 0.335 e. The fraction of sp³-hybridized carbons (Fsp3) is 0.310. The van der Waals surface area contributed by atoms with E-state index in [0.717, 1.165) is 6.33 Å². The second-order valence-electron chi connectivity index (χ2n) is 11.2. The Morgan fingerprint density at radius 3 is 1.96 bits per heavy atom. The molecule has 20 nitrogen and oxygen atoms in total. The van der Waals surface area contributed by atoms with E-state index in [1.807, 2.05) is 0 Å². The maximum atomic E-state index is 13.7. The van der Waals surface area contributed by atoms with Crippen molar-refractivity contribution in [2.75, 3.05) is 22.1 Å². The maximum absolute atomic E-state index is 13.7. The minimum atomic E-state index is -1.04. The third-order valence-corrected chi connectivity index (χ3v) is 7.53. The second kappa shape index (κ2) is 12.8. The van der Waals surface area contributed by atoms with Crippen molar-refractivity contribution in [1.29, 1.82) is 0 Å². The van der Waals surface area contributed by atoms with Gasteiger partial charge in [0.1, 0.15) is 18.5 Å². The minimum Gasteiger partial charge on any atom is -0.354 e. The molecule has 0 unspecified atom stereocenters. The molecule has 2 aliphatic rings. The van der Waals surface area contributed by atoms with Crippen molar-refractivity contribution in [3.8, 4) is 0 Å². The van der Waals surface area contributed by atoms with E-state index in [0.29, 0.717) is 11.4 Å². The minimum absolute atomic E-state index is 0.0278. The highest BCUT2D eigenvalue weighted by Gasteiger charge is 2.58. The van der Waals surface area contributed by atoms with Gasteiger partial charge in [0, 0.05) is 42.2 Å². The predicted molar refractivity (Wildman–Crippen MR) is 168 cm³/mol. The number of non-ortho nitro benzene ring substituents is 2. The Morgan fingerprint density at radius 2 is 1.43 bits per heavy atom. The lowest BCUT2D eigenvalue weighted by Gasteiger charge is -2.24. The number of nitro benzene ring substituents is 2. The monoisotopic (exact) mass is 676 g/mol. The maximum Gasteiger partial charge on any atom is 0.335 e. The Labute approximate surface area is 275 Å². The highest BCUT2D eigenvalue weighted by Crippen LogP contribution is 2.44. The first-order valence-electron chi connectivity index (χ1n) is 14.7. The Morgan fingerprint density at radius 1 is 0.878 bits per heavy atom. The van der Waals surface area contributed by atoms with Crippen LogP contribution in [0.1, 0.15) is 27.0 Å². The van der Waals surface area contributed by atoms with Crippen molar-refractivity contribution < 1.29 is 38.4 Å². The molecule has 2 aromatic carbocycles. The van der Waals surface area contributed by atoms with Gasteiger partial charge in [-0.1, -0.05) is 0 Å². The number of rotatable bonds is 8. The third kappa shape index (κ3) is 6.42. The van der Waals surface area contributed by atoms with Gasteiger partial charge in [-0.05, 0) is 45.0 Å². The molecule has 6 rings (SSSR count). The number of anilines is 3. The number of amides is 5. The van der Waals surface area contributed by atoms with Crippen LogP contribution < -0.4 is 20.9 Å². The number of fused-ring (bicyclic) bond motifs is 2. The van der Waals surface area contributed by atoms with Gasteiger partial charge in [0.2, 0.25) is 0 Å². The number of likely N-dealkylation sites (N-methyl/N-ethyl adjacent to an activating group) is 1. The van der Waals surface area contributed by atoms with Gasteiger partial charge in [-0.25, -0.2) is 24.5 Å². The summed E-state index contributed by atoms with van der Waals surface area (Å²) in [6.45, 7) is 5.53. The van der Waals surface area contributed by atoms with Crippen molar-refractivity contribution in [2.24, 2.45) is 0 Å². The molecule has 2 aromatic heterocycles. The Kier molecular flexibility index (Phi) is 8.58. The molecule has 2 fully saturated rings. The number of nitro groups is 2. The molecule has 5 amide bonds. The van der Waals surface area contributed by atoms with Crippen molar-refractivity contribution in [3.63, 3.8) is 0 Å². The number of imide groups is 1. The largest absolute Gasteiger partial charge is 0.354 e. The standard InChI is InChI=1S/C29H28N10O10/c1-4-30-25(40)21-20-22(49-29(2,3)48-20)26(47-21)36-14-33-19-23(36)31-13-32-24(19)37(27(41)34-15-5-9-17(10-6-15)38(43)44)28(42)35-16-7-11-18(12-8-16)39(45)46/h5-14,20-22,26H,4H2,1-3H3,(H,30,40)(H,34,41)(H,35,42)/t20-,21+,22-,26-/m1/s1.